The fourth-order valence-corrected chi connectivity index (χ4v) is 3.87. The molecule has 4 aromatic rings. The van der Waals surface area contributed by atoms with Gasteiger partial charge in [-0.05, 0) is 38.1 Å². The van der Waals surface area contributed by atoms with Gasteiger partial charge in [-0.15, -0.1) is 11.3 Å². The van der Waals surface area contributed by atoms with E-state index in [2.05, 4.69) is 69.4 Å². The van der Waals surface area contributed by atoms with Crippen LogP contribution in [-0.4, -0.2) is 21.1 Å². The van der Waals surface area contributed by atoms with E-state index in [-0.39, 0.29) is 0 Å². The van der Waals surface area contributed by atoms with Crippen molar-refractivity contribution in [1.82, 2.24) is 19.9 Å². The van der Waals surface area contributed by atoms with Crippen LogP contribution in [0.2, 0.25) is 0 Å². The third-order valence-electron chi connectivity index (χ3n) is 4.65. The summed E-state index contributed by atoms with van der Waals surface area (Å²) in [5.74, 6) is 1.93. The molecule has 0 aliphatic rings. The minimum absolute atomic E-state index is 0.508. The fourth-order valence-electron chi connectivity index (χ4n) is 3.16. The van der Waals surface area contributed by atoms with Gasteiger partial charge in [0.05, 0.1) is 16.7 Å². The standard InChI is InChI=1S/C22H24N4OS/c1-16-7-9-19(10-8-16)27-14-22-25-18(15-28-22)13-23-11-12-26-17(2)24-20-5-3-4-6-21(20)26/h3-10,15,23H,11-14H2,1-2H3. The average molecular weight is 393 g/mol. The molecule has 0 saturated heterocycles. The lowest BCUT2D eigenvalue weighted by atomic mass is 10.2. The van der Waals surface area contributed by atoms with Crippen molar-refractivity contribution in [2.45, 2.75) is 33.5 Å². The normalized spacial score (nSPS) is 11.2. The number of aromatic nitrogens is 3. The number of nitrogens with one attached hydrogen (secondary N) is 1. The lowest BCUT2D eigenvalue weighted by Crippen LogP contribution is -2.20. The summed E-state index contributed by atoms with van der Waals surface area (Å²) in [7, 11) is 0. The first-order valence-corrected chi connectivity index (χ1v) is 10.3. The Labute approximate surface area is 169 Å². The highest BCUT2D eigenvalue weighted by atomic mass is 32.1. The van der Waals surface area contributed by atoms with Crippen LogP contribution >= 0.6 is 11.3 Å². The van der Waals surface area contributed by atoms with E-state index in [1.807, 2.05) is 18.2 Å². The molecule has 0 fully saturated rings. The molecule has 2 heterocycles. The Morgan fingerprint density at radius 1 is 1.04 bits per heavy atom. The average Bonchev–Trinajstić information content (AvgIpc) is 3.28. The summed E-state index contributed by atoms with van der Waals surface area (Å²) in [4.78, 5) is 9.27. The topological polar surface area (TPSA) is 52.0 Å². The smallest absolute Gasteiger partial charge is 0.140 e. The van der Waals surface area contributed by atoms with E-state index >= 15 is 0 Å². The van der Waals surface area contributed by atoms with E-state index in [0.29, 0.717) is 6.61 Å². The lowest BCUT2D eigenvalue weighted by Gasteiger charge is -2.07. The minimum Gasteiger partial charge on any atom is -0.486 e. The zero-order valence-electron chi connectivity index (χ0n) is 16.2. The van der Waals surface area contributed by atoms with Gasteiger partial charge in [-0.25, -0.2) is 9.97 Å². The summed E-state index contributed by atoms with van der Waals surface area (Å²) in [6.45, 7) is 7.15. The highest BCUT2D eigenvalue weighted by Gasteiger charge is 2.07. The highest BCUT2D eigenvalue weighted by molar-refractivity contribution is 7.09. The number of nitrogens with zero attached hydrogens (tertiary/aromatic N) is 3. The fraction of sp³-hybridized carbons (Fsp3) is 0.273. The number of hydrogen-bond donors (Lipinski definition) is 1. The molecule has 0 spiro atoms. The van der Waals surface area contributed by atoms with Crippen molar-refractivity contribution in [1.29, 1.82) is 0 Å². The second-order valence-electron chi connectivity index (χ2n) is 6.81. The van der Waals surface area contributed by atoms with E-state index in [0.717, 1.165) is 47.4 Å². The van der Waals surface area contributed by atoms with Crippen LogP contribution in [0.1, 0.15) is 22.1 Å². The highest BCUT2D eigenvalue weighted by Crippen LogP contribution is 2.17. The van der Waals surface area contributed by atoms with Crippen molar-refractivity contribution < 1.29 is 4.74 Å². The second-order valence-corrected chi connectivity index (χ2v) is 7.75. The van der Waals surface area contributed by atoms with Gasteiger partial charge in [-0.2, -0.15) is 0 Å². The van der Waals surface area contributed by atoms with Crippen molar-refractivity contribution in [3.05, 3.63) is 76.0 Å². The summed E-state index contributed by atoms with van der Waals surface area (Å²) in [5, 5.41) is 6.57. The molecular weight excluding hydrogens is 368 g/mol. The van der Waals surface area contributed by atoms with Crippen molar-refractivity contribution in [2.24, 2.45) is 0 Å². The second kappa shape index (κ2) is 8.54. The van der Waals surface area contributed by atoms with Gasteiger partial charge < -0.3 is 14.6 Å². The Morgan fingerprint density at radius 2 is 1.86 bits per heavy atom. The Bertz CT molecular complexity index is 1050. The van der Waals surface area contributed by atoms with Gasteiger partial charge in [0, 0.05) is 25.0 Å². The van der Waals surface area contributed by atoms with Crippen molar-refractivity contribution in [3.8, 4) is 5.75 Å². The number of fused-ring (bicyclic) bond motifs is 1. The Morgan fingerprint density at radius 3 is 2.71 bits per heavy atom. The van der Waals surface area contributed by atoms with Crippen LogP contribution in [0, 0.1) is 13.8 Å². The van der Waals surface area contributed by atoms with Crippen LogP contribution in [-0.2, 0) is 19.7 Å². The Kier molecular flexibility index (Phi) is 5.69. The van der Waals surface area contributed by atoms with Gasteiger partial charge in [0.25, 0.3) is 0 Å². The molecule has 0 aliphatic heterocycles. The molecule has 0 amide bonds. The molecule has 6 heteroatoms. The number of ether oxygens (including phenoxy) is 1. The van der Waals surface area contributed by atoms with Gasteiger partial charge in [0.1, 0.15) is 23.2 Å². The molecule has 0 unspecified atom stereocenters. The monoisotopic (exact) mass is 392 g/mol. The Hall–Kier alpha value is -2.70. The molecule has 0 saturated carbocycles. The van der Waals surface area contributed by atoms with Gasteiger partial charge in [-0.3, -0.25) is 0 Å². The molecule has 28 heavy (non-hydrogen) atoms. The van der Waals surface area contributed by atoms with Gasteiger partial charge >= 0.3 is 0 Å². The molecule has 5 nitrogen and oxygen atoms in total. The maximum absolute atomic E-state index is 5.81. The number of aryl methyl sites for hydroxylation is 2. The number of para-hydroxylation sites is 2. The van der Waals surface area contributed by atoms with Gasteiger partial charge in [0.15, 0.2) is 0 Å². The Balaban J connectivity index is 1.25. The molecular formula is C22H24N4OS. The number of benzene rings is 2. The SMILES string of the molecule is Cc1ccc(OCc2nc(CNCCn3c(C)nc4ccccc43)cs2)cc1. The number of thiazole rings is 1. The van der Waals surface area contributed by atoms with Crippen LogP contribution < -0.4 is 10.1 Å². The largest absolute Gasteiger partial charge is 0.486 e. The molecule has 4 rings (SSSR count). The van der Waals surface area contributed by atoms with E-state index in [4.69, 9.17) is 4.74 Å². The summed E-state index contributed by atoms with van der Waals surface area (Å²) in [6.07, 6.45) is 0. The zero-order chi connectivity index (χ0) is 19.3. The first-order chi connectivity index (χ1) is 13.7. The molecule has 1 N–H and O–H groups in total. The molecule has 2 aromatic heterocycles. The minimum atomic E-state index is 0.508. The molecule has 2 aromatic carbocycles. The van der Waals surface area contributed by atoms with E-state index in [9.17, 15) is 0 Å². The maximum atomic E-state index is 5.81. The van der Waals surface area contributed by atoms with Crippen LogP contribution in [0.5, 0.6) is 5.75 Å². The summed E-state index contributed by atoms with van der Waals surface area (Å²) in [6, 6.07) is 16.4. The third-order valence-corrected chi connectivity index (χ3v) is 5.52. The summed E-state index contributed by atoms with van der Waals surface area (Å²) < 4.78 is 8.06. The maximum Gasteiger partial charge on any atom is 0.140 e. The zero-order valence-corrected chi connectivity index (χ0v) is 17.0. The number of hydrogen-bond acceptors (Lipinski definition) is 5. The van der Waals surface area contributed by atoms with Crippen molar-refractivity contribution in [3.63, 3.8) is 0 Å². The molecule has 0 radical (unpaired) electrons. The lowest BCUT2D eigenvalue weighted by molar-refractivity contribution is 0.305. The van der Waals surface area contributed by atoms with Crippen molar-refractivity contribution in [2.75, 3.05) is 6.54 Å². The van der Waals surface area contributed by atoms with Crippen LogP contribution in [0.15, 0.2) is 53.9 Å². The number of rotatable bonds is 8. The molecule has 0 bridgehead atoms. The van der Waals surface area contributed by atoms with Crippen LogP contribution in [0.25, 0.3) is 11.0 Å². The molecule has 0 aliphatic carbocycles. The molecule has 144 valence electrons. The molecule has 0 atom stereocenters. The van der Waals surface area contributed by atoms with Crippen LogP contribution in [0.3, 0.4) is 0 Å². The predicted octanol–water partition coefficient (Wildman–Crippen LogP) is 4.48. The first-order valence-electron chi connectivity index (χ1n) is 9.44. The van der Waals surface area contributed by atoms with Gasteiger partial charge in [-0.1, -0.05) is 29.8 Å². The number of imidazole rings is 1. The van der Waals surface area contributed by atoms with E-state index in [1.165, 1.54) is 11.1 Å². The van der Waals surface area contributed by atoms with E-state index in [1.54, 1.807) is 11.3 Å². The van der Waals surface area contributed by atoms with Gasteiger partial charge in [0.2, 0.25) is 0 Å². The third kappa shape index (κ3) is 4.40. The predicted molar refractivity (Wildman–Crippen MR) is 114 cm³/mol. The van der Waals surface area contributed by atoms with E-state index < -0.39 is 0 Å². The first kappa shape index (κ1) is 18.7. The van der Waals surface area contributed by atoms with Crippen LogP contribution in [0.4, 0.5) is 0 Å². The summed E-state index contributed by atoms with van der Waals surface area (Å²) in [5.41, 5.74) is 4.53. The summed E-state index contributed by atoms with van der Waals surface area (Å²) >= 11 is 1.64. The van der Waals surface area contributed by atoms with Crippen molar-refractivity contribution >= 4 is 22.4 Å². The quantitative estimate of drug-likeness (QED) is 0.449.